The lowest BCUT2D eigenvalue weighted by atomic mass is 10.1. The van der Waals surface area contributed by atoms with Gasteiger partial charge in [0.15, 0.2) is 0 Å². The molecule has 8 heteroatoms. The van der Waals surface area contributed by atoms with E-state index >= 15 is 0 Å². The fourth-order valence-electron chi connectivity index (χ4n) is 3.71. The van der Waals surface area contributed by atoms with Crippen molar-refractivity contribution >= 4 is 43.8 Å². The van der Waals surface area contributed by atoms with Gasteiger partial charge in [0, 0.05) is 29.9 Å². The van der Waals surface area contributed by atoms with Crippen molar-refractivity contribution in [3.8, 4) is 0 Å². The number of nitrogens with zero attached hydrogens (tertiary/aromatic N) is 2. The minimum Gasteiger partial charge on any atom is -0.378 e. The standard InChI is InChI=1S/C23H25N3O4S/c1-31(28,29)26(22-8-4-6-18-5-2-3-7-21(18)22)17-23(27)24-19-9-11-20(12-10-19)25-13-15-30-16-14-25/h2-12H,13-17H2,1H3,(H,24,27). The summed E-state index contributed by atoms with van der Waals surface area (Å²) in [6, 6.07) is 20.5. The molecule has 0 atom stereocenters. The topological polar surface area (TPSA) is 79.0 Å². The number of ether oxygens (including phenoxy) is 1. The lowest BCUT2D eigenvalue weighted by Gasteiger charge is -2.29. The van der Waals surface area contributed by atoms with Gasteiger partial charge in [0.2, 0.25) is 15.9 Å². The number of carbonyl (C=O) groups excluding carboxylic acids is 1. The van der Waals surface area contributed by atoms with E-state index in [2.05, 4.69) is 10.2 Å². The Balaban J connectivity index is 1.51. The first-order valence-electron chi connectivity index (χ1n) is 10.1. The van der Waals surface area contributed by atoms with E-state index in [0.29, 0.717) is 24.6 Å². The van der Waals surface area contributed by atoms with Crippen molar-refractivity contribution < 1.29 is 17.9 Å². The van der Waals surface area contributed by atoms with E-state index in [1.54, 1.807) is 12.1 Å². The molecule has 3 aromatic rings. The summed E-state index contributed by atoms with van der Waals surface area (Å²) in [5, 5.41) is 4.49. The number of hydrogen-bond acceptors (Lipinski definition) is 5. The second-order valence-corrected chi connectivity index (χ2v) is 9.37. The van der Waals surface area contributed by atoms with Crippen LogP contribution < -0.4 is 14.5 Å². The Kier molecular flexibility index (Phi) is 6.11. The van der Waals surface area contributed by atoms with Crippen LogP contribution in [-0.4, -0.2) is 53.4 Å². The van der Waals surface area contributed by atoms with Gasteiger partial charge in [0.05, 0.1) is 25.2 Å². The quantitative estimate of drug-likeness (QED) is 0.639. The molecule has 1 saturated heterocycles. The maximum Gasteiger partial charge on any atom is 0.245 e. The molecule has 0 aliphatic carbocycles. The Morgan fingerprint density at radius 2 is 1.68 bits per heavy atom. The second-order valence-electron chi connectivity index (χ2n) is 7.46. The average molecular weight is 440 g/mol. The molecule has 1 fully saturated rings. The zero-order chi connectivity index (χ0) is 21.8. The number of morpholine rings is 1. The predicted octanol–water partition coefficient (Wildman–Crippen LogP) is 3.08. The molecule has 0 saturated carbocycles. The lowest BCUT2D eigenvalue weighted by Crippen LogP contribution is -2.37. The Morgan fingerprint density at radius 1 is 1.00 bits per heavy atom. The van der Waals surface area contributed by atoms with E-state index in [4.69, 9.17) is 4.74 Å². The Labute approximate surface area is 182 Å². The van der Waals surface area contributed by atoms with Gasteiger partial charge < -0.3 is 15.0 Å². The highest BCUT2D eigenvalue weighted by Crippen LogP contribution is 2.28. The Hall–Kier alpha value is -3.10. The third-order valence-corrected chi connectivity index (χ3v) is 6.38. The molecule has 0 bridgehead atoms. The van der Waals surface area contributed by atoms with Gasteiger partial charge in [-0.3, -0.25) is 9.10 Å². The molecule has 1 heterocycles. The summed E-state index contributed by atoms with van der Waals surface area (Å²) in [5.74, 6) is -0.405. The molecule has 1 aliphatic rings. The monoisotopic (exact) mass is 439 g/mol. The van der Waals surface area contributed by atoms with Gasteiger partial charge in [-0.15, -0.1) is 0 Å². The van der Waals surface area contributed by atoms with E-state index in [9.17, 15) is 13.2 Å². The highest BCUT2D eigenvalue weighted by Gasteiger charge is 2.22. The highest BCUT2D eigenvalue weighted by atomic mass is 32.2. The van der Waals surface area contributed by atoms with Crippen LogP contribution in [0.25, 0.3) is 10.8 Å². The van der Waals surface area contributed by atoms with E-state index in [1.165, 1.54) is 0 Å². The van der Waals surface area contributed by atoms with Crippen LogP contribution in [0.5, 0.6) is 0 Å². The molecule has 3 aromatic carbocycles. The largest absolute Gasteiger partial charge is 0.378 e. The molecule has 0 unspecified atom stereocenters. The number of amides is 1. The van der Waals surface area contributed by atoms with Crippen molar-refractivity contribution in [3.05, 3.63) is 66.7 Å². The first kappa shape index (κ1) is 21.1. The number of nitrogens with one attached hydrogen (secondary N) is 1. The fourth-order valence-corrected chi connectivity index (χ4v) is 4.58. The molecule has 0 spiro atoms. The van der Waals surface area contributed by atoms with Crippen molar-refractivity contribution in [2.45, 2.75) is 0 Å². The molecule has 0 aromatic heterocycles. The van der Waals surface area contributed by atoms with Crippen molar-refractivity contribution in [1.29, 1.82) is 0 Å². The summed E-state index contributed by atoms with van der Waals surface area (Å²) in [4.78, 5) is 14.9. The smallest absolute Gasteiger partial charge is 0.245 e. The van der Waals surface area contributed by atoms with Gasteiger partial charge >= 0.3 is 0 Å². The second kappa shape index (κ2) is 8.95. The molecular formula is C23H25N3O4S. The first-order valence-corrected chi connectivity index (χ1v) is 11.9. The molecule has 7 nitrogen and oxygen atoms in total. The van der Waals surface area contributed by atoms with Crippen LogP contribution in [0.15, 0.2) is 66.7 Å². The number of sulfonamides is 1. The van der Waals surface area contributed by atoms with E-state index in [-0.39, 0.29) is 6.54 Å². The fraction of sp³-hybridized carbons (Fsp3) is 0.261. The van der Waals surface area contributed by atoms with Crippen LogP contribution in [0.1, 0.15) is 0 Å². The van der Waals surface area contributed by atoms with E-state index < -0.39 is 15.9 Å². The SMILES string of the molecule is CS(=O)(=O)N(CC(=O)Nc1ccc(N2CCOCC2)cc1)c1cccc2ccccc12. The van der Waals surface area contributed by atoms with Crippen molar-refractivity contribution in [2.24, 2.45) is 0 Å². The molecule has 1 aliphatic heterocycles. The summed E-state index contributed by atoms with van der Waals surface area (Å²) in [6.07, 6.45) is 1.11. The van der Waals surface area contributed by atoms with Crippen molar-refractivity contribution in [1.82, 2.24) is 0 Å². The minimum atomic E-state index is -3.66. The molecule has 0 radical (unpaired) electrons. The van der Waals surface area contributed by atoms with E-state index in [0.717, 1.165) is 40.1 Å². The average Bonchev–Trinajstić information content (AvgIpc) is 2.77. The van der Waals surface area contributed by atoms with Crippen LogP contribution >= 0.6 is 0 Å². The molecular weight excluding hydrogens is 414 g/mol. The van der Waals surface area contributed by atoms with Crippen LogP contribution in [0, 0.1) is 0 Å². The zero-order valence-electron chi connectivity index (χ0n) is 17.3. The number of anilines is 3. The van der Waals surface area contributed by atoms with Crippen molar-refractivity contribution in [2.75, 3.05) is 53.6 Å². The first-order chi connectivity index (χ1) is 14.9. The van der Waals surface area contributed by atoms with Gasteiger partial charge in [-0.05, 0) is 35.7 Å². The maximum absolute atomic E-state index is 12.7. The van der Waals surface area contributed by atoms with Gasteiger partial charge in [-0.25, -0.2) is 8.42 Å². The minimum absolute atomic E-state index is 0.307. The Bertz CT molecular complexity index is 1170. The van der Waals surface area contributed by atoms with Gasteiger partial charge in [-0.2, -0.15) is 0 Å². The Morgan fingerprint density at radius 3 is 2.39 bits per heavy atom. The number of hydrogen-bond donors (Lipinski definition) is 1. The number of carbonyl (C=O) groups is 1. The van der Waals surface area contributed by atoms with Gasteiger partial charge in [0.1, 0.15) is 6.54 Å². The van der Waals surface area contributed by atoms with Crippen LogP contribution in [0.4, 0.5) is 17.1 Å². The normalized spacial score (nSPS) is 14.4. The zero-order valence-corrected chi connectivity index (χ0v) is 18.1. The summed E-state index contributed by atoms with van der Waals surface area (Å²) in [6.45, 7) is 2.76. The third-order valence-electron chi connectivity index (χ3n) is 5.25. The number of benzene rings is 3. The van der Waals surface area contributed by atoms with Crippen LogP contribution in [-0.2, 0) is 19.6 Å². The molecule has 31 heavy (non-hydrogen) atoms. The molecule has 162 valence electrons. The summed E-state index contributed by atoms with van der Waals surface area (Å²) in [7, 11) is -3.66. The highest BCUT2D eigenvalue weighted by molar-refractivity contribution is 7.92. The van der Waals surface area contributed by atoms with Crippen molar-refractivity contribution in [3.63, 3.8) is 0 Å². The van der Waals surface area contributed by atoms with Crippen LogP contribution in [0.3, 0.4) is 0 Å². The molecule has 1 amide bonds. The summed E-state index contributed by atoms with van der Waals surface area (Å²) in [5.41, 5.74) is 2.17. The van der Waals surface area contributed by atoms with Crippen LogP contribution in [0.2, 0.25) is 0 Å². The lowest BCUT2D eigenvalue weighted by molar-refractivity contribution is -0.114. The maximum atomic E-state index is 12.7. The summed E-state index contributed by atoms with van der Waals surface area (Å²) < 4.78 is 31.5. The van der Waals surface area contributed by atoms with Gasteiger partial charge in [0.25, 0.3) is 0 Å². The molecule has 4 rings (SSSR count). The predicted molar refractivity (Wildman–Crippen MR) is 124 cm³/mol. The number of fused-ring (bicyclic) bond motifs is 1. The van der Waals surface area contributed by atoms with E-state index in [1.807, 2.05) is 54.6 Å². The third kappa shape index (κ3) is 4.98. The molecule has 1 N–H and O–H groups in total. The number of rotatable bonds is 6. The van der Waals surface area contributed by atoms with Gasteiger partial charge in [-0.1, -0.05) is 36.4 Å². The summed E-state index contributed by atoms with van der Waals surface area (Å²) >= 11 is 0.